The molecule has 0 saturated carbocycles. The molecule has 2 heterocycles. The van der Waals surface area contributed by atoms with Crippen molar-refractivity contribution in [3.8, 4) is 5.75 Å². The van der Waals surface area contributed by atoms with Crippen molar-refractivity contribution in [1.29, 1.82) is 0 Å². The average Bonchev–Trinajstić information content (AvgIpc) is 2.96. The summed E-state index contributed by atoms with van der Waals surface area (Å²) in [5.74, 6) is 0.382. The SMILES string of the molecule is Cc1nc(C2CCN(S(=O)(=O)CCOc3ccc(F)cc3)CC2)sc1C. The van der Waals surface area contributed by atoms with Gasteiger partial charge in [-0.25, -0.2) is 22.1 Å². The van der Waals surface area contributed by atoms with Gasteiger partial charge in [0.05, 0.1) is 16.5 Å². The highest BCUT2D eigenvalue weighted by Gasteiger charge is 2.30. The second-order valence-electron chi connectivity index (χ2n) is 6.49. The fourth-order valence-corrected chi connectivity index (χ4v) is 5.39. The molecule has 142 valence electrons. The average molecular weight is 399 g/mol. The Morgan fingerprint density at radius 1 is 1.23 bits per heavy atom. The van der Waals surface area contributed by atoms with Gasteiger partial charge in [-0.1, -0.05) is 0 Å². The second kappa shape index (κ2) is 8.02. The van der Waals surface area contributed by atoms with Crippen LogP contribution in [0.25, 0.3) is 0 Å². The van der Waals surface area contributed by atoms with Crippen LogP contribution in [0.15, 0.2) is 24.3 Å². The number of halogens is 1. The normalized spacial score (nSPS) is 16.7. The van der Waals surface area contributed by atoms with Gasteiger partial charge in [-0.15, -0.1) is 11.3 Å². The summed E-state index contributed by atoms with van der Waals surface area (Å²) in [6.45, 7) is 5.16. The molecule has 1 saturated heterocycles. The van der Waals surface area contributed by atoms with Crippen LogP contribution >= 0.6 is 11.3 Å². The Kier molecular flexibility index (Phi) is 5.94. The van der Waals surface area contributed by atoms with Gasteiger partial charge in [0.1, 0.15) is 18.2 Å². The number of benzene rings is 1. The topological polar surface area (TPSA) is 59.5 Å². The van der Waals surface area contributed by atoms with Crippen molar-refractivity contribution in [3.63, 3.8) is 0 Å². The van der Waals surface area contributed by atoms with E-state index in [0.29, 0.717) is 24.8 Å². The molecule has 3 rings (SSSR count). The lowest BCUT2D eigenvalue weighted by Gasteiger charge is -2.30. The molecule has 0 unspecified atom stereocenters. The van der Waals surface area contributed by atoms with Crippen LogP contribution in [0.5, 0.6) is 5.75 Å². The Labute approximate surface area is 157 Å². The molecule has 0 spiro atoms. The van der Waals surface area contributed by atoms with Gasteiger partial charge in [-0.2, -0.15) is 0 Å². The van der Waals surface area contributed by atoms with Gasteiger partial charge in [-0.05, 0) is 51.0 Å². The Morgan fingerprint density at radius 3 is 2.46 bits per heavy atom. The zero-order valence-corrected chi connectivity index (χ0v) is 16.6. The first-order chi connectivity index (χ1) is 12.3. The highest BCUT2D eigenvalue weighted by atomic mass is 32.2. The van der Waals surface area contributed by atoms with Crippen molar-refractivity contribution in [1.82, 2.24) is 9.29 Å². The first-order valence-electron chi connectivity index (χ1n) is 8.65. The van der Waals surface area contributed by atoms with Crippen LogP contribution in [0.3, 0.4) is 0 Å². The standard InChI is InChI=1S/C18H23FN2O3S2/c1-13-14(2)25-18(20-13)15-7-9-21(10-8-15)26(22,23)12-11-24-17-5-3-16(19)4-6-17/h3-6,15H,7-12H2,1-2H3. The molecule has 1 aromatic carbocycles. The number of aryl methyl sites for hydroxylation is 2. The predicted octanol–water partition coefficient (Wildman–Crippen LogP) is 3.49. The van der Waals surface area contributed by atoms with Crippen molar-refractivity contribution in [2.24, 2.45) is 0 Å². The molecule has 5 nitrogen and oxygen atoms in total. The molecule has 0 N–H and O–H groups in total. The molecule has 1 fully saturated rings. The summed E-state index contributed by atoms with van der Waals surface area (Å²) in [7, 11) is -3.35. The summed E-state index contributed by atoms with van der Waals surface area (Å²) in [6, 6.07) is 5.56. The quantitative estimate of drug-likeness (QED) is 0.747. The number of nitrogens with zero attached hydrogens (tertiary/aromatic N) is 2. The Bertz CT molecular complexity index is 822. The van der Waals surface area contributed by atoms with Crippen molar-refractivity contribution >= 4 is 21.4 Å². The molecule has 0 aliphatic carbocycles. The van der Waals surface area contributed by atoms with Crippen LogP contribution in [0.2, 0.25) is 0 Å². The number of hydrogen-bond donors (Lipinski definition) is 0. The molecule has 26 heavy (non-hydrogen) atoms. The number of aromatic nitrogens is 1. The predicted molar refractivity (Wildman–Crippen MR) is 101 cm³/mol. The second-order valence-corrected chi connectivity index (χ2v) is 9.81. The lowest BCUT2D eigenvalue weighted by Crippen LogP contribution is -2.40. The fraction of sp³-hybridized carbons (Fsp3) is 0.500. The van der Waals surface area contributed by atoms with Gasteiger partial charge in [0, 0.05) is 23.9 Å². The molecular weight excluding hydrogens is 375 g/mol. The Hall–Kier alpha value is -1.51. The maximum atomic E-state index is 12.9. The third-order valence-electron chi connectivity index (χ3n) is 4.67. The molecule has 0 amide bonds. The van der Waals surface area contributed by atoms with E-state index in [1.807, 2.05) is 6.92 Å². The number of rotatable bonds is 6. The first-order valence-corrected chi connectivity index (χ1v) is 11.1. The third kappa shape index (κ3) is 4.61. The van der Waals surface area contributed by atoms with Gasteiger partial charge in [0.15, 0.2) is 0 Å². The molecule has 2 aromatic rings. The summed E-state index contributed by atoms with van der Waals surface area (Å²) in [6.07, 6.45) is 1.59. The third-order valence-corrected chi connectivity index (χ3v) is 7.74. The van der Waals surface area contributed by atoms with Gasteiger partial charge < -0.3 is 4.74 Å². The number of sulfonamides is 1. The number of hydrogen-bond acceptors (Lipinski definition) is 5. The van der Waals surface area contributed by atoms with Crippen molar-refractivity contribution < 1.29 is 17.5 Å². The van der Waals surface area contributed by atoms with E-state index in [1.54, 1.807) is 15.6 Å². The van der Waals surface area contributed by atoms with Gasteiger partial charge >= 0.3 is 0 Å². The van der Waals surface area contributed by atoms with Gasteiger partial charge in [0.25, 0.3) is 0 Å². The molecule has 0 bridgehead atoms. The minimum atomic E-state index is -3.35. The van der Waals surface area contributed by atoms with Crippen LogP contribution in [0.4, 0.5) is 4.39 Å². The molecular formula is C18H23FN2O3S2. The summed E-state index contributed by atoms with van der Waals surface area (Å²) in [5, 5.41) is 1.12. The van der Waals surface area contributed by atoms with E-state index in [9.17, 15) is 12.8 Å². The van der Waals surface area contributed by atoms with E-state index in [2.05, 4.69) is 11.9 Å². The highest BCUT2D eigenvalue weighted by molar-refractivity contribution is 7.89. The van der Waals surface area contributed by atoms with Crippen LogP contribution in [0, 0.1) is 19.7 Å². The molecule has 1 aromatic heterocycles. The van der Waals surface area contributed by atoms with Gasteiger partial charge in [-0.3, -0.25) is 0 Å². The lowest BCUT2D eigenvalue weighted by molar-refractivity contribution is 0.307. The summed E-state index contributed by atoms with van der Waals surface area (Å²) in [4.78, 5) is 5.84. The molecule has 0 radical (unpaired) electrons. The Morgan fingerprint density at radius 2 is 1.88 bits per heavy atom. The smallest absolute Gasteiger partial charge is 0.217 e. The zero-order valence-electron chi connectivity index (χ0n) is 14.9. The monoisotopic (exact) mass is 398 g/mol. The molecule has 1 aliphatic heterocycles. The maximum Gasteiger partial charge on any atom is 0.217 e. The van der Waals surface area contributed by atoms with Crippen LogP contribution in [-0.2, 0) is 10.0 Å². The maximum absolute atomic E-state index is 12.9. The van der Waals surface area contributed by atoms with E-state index in [-0.39, 0.29) is 18.2 Å². The first kappa shape index (κ1) is 19.3. The van der Waals surface area contributed by atoms with E-state index in [1.165, 1.54) is 29.1 Å². The summed E-state index contributed by atoms with van der Waals surface area (Å²) < 4.78 is 44.8. The van der Waals surface area contributed by atoms with E-state index in [0.717, 1.165) is 23.5 Å². The molecule has 8 heteroatoms. The van der Waals surface area contributed by atoms with Crippen molar-refractivity contribution in [2.75, 3.05) is 25.4 Å². The minimum Gasteiger partial charge on any atom is -0.492 e. The highest BCUT2D eigenvalue weighted by Crippen LogP contribution is 2.33. The summed E-state index contributed by atoms with van der Waals surface area (Å²) in [5.41, 5.74) is 1.07. The molecule has 0 atom stereocenters. The number of ether oxygens (including phenoxy) is 1. The van der Waals surface area contributed by atoms with Crippen LogP contribution in [-0.4, -0.2) is 43.2 Å². The van der Waals surface area contributed by atoms with Crippen molar-refractivity contribution in [3.05, 3.63) is 45.7 Å². The van der Waals surface area contributed by atoms with E-state index in [4.69, 9.17) is 4.74 Å². The van der Waals surface area contributed by atoms with E-state index >= 15 is 0 Å². The van der Waals surface area contributed by atoms with Gasteiger partial charge in [0.2, 0.25) is 10.0 Å². The largest absolute Gasteiger partial charge is 0.492 e. The fourth-order valence-electron chi connectivity index (χ4n) is 2.98. The van der Waals surface area contributed by atoms with Crippen LogP contribution in [0.1, 0.15) is 34.3 Å². The number of thiazole rings is 1. The minimum absolute atomic E-state index is 0.0543. The summed E-state index contributed by atoms with van der Waals surface area (Å²) >= 11 is 1.72. The van der Waals surface area contributed by atoms with Crippen molar-refractivity contribution in [2.45, 2.75) is 32.6 Å². The lowest BCUT2D eigenvalue weighted by atomic mass is 9.99. The molecule has 1 aliphatic rings. The van der Waals surface area contributed by atoms with Crippen LogP contribution < -0.4 is 4.74 Å². The number of piperidine rings is 1. The zero-order chi connectivity index (χ0) is 18.7. The van der Waals surface area contributed by atoms with E-state index < -0.39 is 10.0 Å². The Balaban J connectivity index is 1.50.